The molecule has 9 atom stereocenters. The molecule has 4 aliphatic carbocycles. The lowest BCUT2D eigenvalue weighted by atomic mass is 9.42. The van der Waals surface area contributed by atoms with Gasteiger partial charge in [-0.25, -0.2) is 0 Å². The predicted octanol–water partition coefficient (Wildman–Crippen LogP) is 8.76. The van der Waals surface area contributed by atoms with Crippen LogP contribution >= 0.6 is 0 Å². The Kier molecular flexibility index (Phi) is 6.98. The van der Waals surface area contributed by atoms with Crippen molar-refractivity contribution in [3.05, 3.63) is 23.8 Å². The Morgan fingerprint density at radius 2 is 1.82 bits per heavy atom. The van der Waals surface area contributed by atoms with Crippen molar-refractivity contribution in [2.75, 3.05) is 0 Å². The zero-order chi connectivity index (χ0) is 25.1. The standard InChI is InChI=1S/C32H52O2/c1-20(2)21(3)10-11-22(4)25-14-18-32(9)28-13-12-26-23(5)29(34-24(6)33)16-17-30(26,7)27(28)15-19-31(25,32)8/h13,20,22-23,25-27,29H,3,10-12,14-19H2,1-2,4-9H3. The molecule has 0 aromatic carbocycles. The van der Waals surface area contributed by atoms with Crippen molar-refractivity contribution >= 4 is 5.97 Å². The summed E-state index contributed by atoms with van der Waals surface area (Å²) >= 11 is 0. The number of fused-ring (bicyclic) bond motifs is 5. The Bertz CT molecular complexity index is 838. The van der Waals surface area contributed by atoms with Crippen LogP contribution in [0.25, 0.3) is 0 Å². The van der Waals surface area contributed by atoms with E-state index in [4.69, 9.17) is 4.74 Å². The fourth-order valence-corrected chi connectivity index (χ4v) is 9.56. The molecule has 4 rings (SSSR count). The molecule has 0 amide bonds. The van der Waals surface area contributed by atoms with E-state index in [0.717, 1.165) is 18.3 Å². The van der Waals surface area contributed by atoms with Gasteiger partial charge in [-0.1, -0.05) is 72.3 Å². The average Bonchev–Trinajstić information content (AvgIpc) is 3.05. The van der Waals surface area contributed by atoms with Crippen molar-refractivity contribution in [3.63, 3.8) is 0 Å². The van der Waals surface area contributed by atoms with Gasteiger partial charge in [-0.05, 0) is 110 Å². The van der Waals surface area contributed by atoms with Gasteiger partial charge in [-0.15, -0.1) is 0 Å². The second-order valence-electron chi connectivity index (χ2n) is 13.9. The summed E-state index contributed by atoms with van der Waals surface area (Å²) in [5, 5.41) is 0. The summed E-state index contributed by atoms with van der Waals surface area (Å²) in [5.74, 6) is 3.87. The van der Waals surface area contributed by atoms with E-state index in [1.54, 1.807) is 6.92 Å². The monoisotopic (exact) mass is 468 g/mol. The van der Waals surface area contributed by atoms with E-state index >= 15 is 0 Å². The fourth-order valence-electron chi connectivity index (χ4n) is 9.56. The van der Waals surface area contributed by atoms with Gasteiger partial charge >= 0.3 is 5.97 Å². The molecule has 0 aromatic heterocycles. The maximum absolute atomic E-state index is 11.7. The molecule has 0 spiro atoms. The van der Waals surface area contributed by atoms with Crippen LogP contribution in [0, 0.1) is 51.8 Å². The van der Waals surface area contributed by atoms with Crippen LogP contribution in [0.2, 0.25) is 0 Å². The molecular weight excluding hydrogens is 416 g/mol. The molecule has 9 unspecified atom stereocenters. The van der Waals surface area contributed by atoms with Crippen molar-refractivity contribution < 1.29 is 9.53 Å². The maximum atomic E-state index is 11.7. The number of allylic oxidation sites excluding steroid dienone is 3. The van der Waals surface area contributed by atoms with Crippen molar-refractivity contribution in [1.29, 1.82) is 0 Å². The maximum Gasteiger partial charge on any atom is 0.302 e. The molecule has 0 bridgehead atoms. The Balaban J connectivity index is 1.56. The molecule has 0 radical (unpaired) electrons. The number of carbonyl (C=O) groups excluding carboxylic acids is 1. The quantitative estimate of drug-likeness (QED) is 0.288. The fraction of sp³-hybridized carbons (Fsp3) is 0.844. The molecule has 4 aliphatic rings. The number of esters is 1. The van der Waals surface area contributed by atoms with Gasteiger partial charge in [0.25, 0.3) is 0 Å². The van der Waals surface area contributed by atoms with E-state index < -0.39 is 0 Å². The zero-order valence-corrected chi connectivity index (χ0v) is 23.5. The third kappa shape index (κ3) is 3.94. The Morgan fingerprint density at radius 3 is 2.47 bits per heavy atom. The third-order valence-corrected chi connectivity index (χ3v) is 12.2. The minimum atomic E-state index is -0.114. The van der Waals surface area contributed by atoms with E-state index in [-0.39, 0.29) is 12.1 Å². The molecule has 0 aliphatic heterocycles. The van der Waals surface area contributed by atoms with Gasteiger partial charge in [0, 0.05) is 6.92 Å². The van der Waals surface area contributed by atoms with E-state index in [0.29, 0.717) is 39.9 Å². The largest absolute Gasteiger partial charge is 0.462 e. The highest BCUT2D eigenvalue weighted by atomic mass is 16.5. The molecule has 2 nitrogen and oxygen atoms in total. The highest BCUT2D eigenvalue weighted by molar-refractivity contribution is 5.66. The molecule has 2 heteroatoms. The van der Waals surface area contributed by atoms with Gasteiger partial charge in [-0.3, -0.25) is 4.79 Å². The van der Waals surface area contributed by atoms with E-state index in [1.165, 1.54) is 56.9 Å². The summed E-state index contributed by atoms with van der Waals surface area (Å²) in [7, 11) is 0. The molecule has 3 fully saturated rings. The van der Waals surface area contributed by atoms with Crippen molar-refractivity contribution in [2.24, 2.45) is 51.8 Å². The summed E-state index contributed by atoms with van der Waals surface area (Å²) in [6.07, 6.45) is 14.1. The first-order chi connectivity index (χ1) is 15.8. The second kappa shape index (κ2) is 9.11. The minimum Gasteiger partial charge on any atom is -0.462 e. The SMILES string of the molecule is C=C(CCC(C)C1CCC2(C)C3=CCC4C(C)C(OC(C)=O)CCC4(C)C3CCC12C)C(C)C. The molecule has 0 N–H and O–H groups in total. The highest BCUT2D eigenvalue weighted by Crippen LogP contribution is 2.72. The molecule has 3 saturated carbocycles. The summed E-state index contributed by atoms with van der Waals surface area (Å²) < 4.78 is 5.77. The Morgan fingerprint density at radius 1 is 1.12 bits per heavy atom. The van der Waals surface area contributed by atoms with Crippen LogP contribution < -0.4 is 0 Å². The van der Waals surface area contributed by atoms with Crippen LogP contribution in [-0.2, 0) is 9.53 Å². The Hall–Kier alpha value is -1.05. The lowest BCUT2D eigenvalue weighted by molar-refractivity contribution is -0.159. The van der Waals surface area contributed by atoms with Gasteiger partial charge in [0.2, 0.25) is 0 Å². The van der Waals surface area contributed by atoms with Gasteiger partial charge in [-0.2, -0.15) is 0 Å². The number of rotatable bonds is 6. The van der Waals surface area contributed by atoms with Crippen LogP contribution in [-0.4, -0.2) is 12.1 Å². The summed E-state index contributed by atoms with van der Waals surface area (Å²) in [5.41, 5.74) is 4.35. The summed E-state index contributed by atoms with van der Waals surface area (Å²) in [4.78, 5) is 11.7. The first kappa shape index (κ1) is 26.0. The van der Waals surface area contributed by atoms with E-state index in [1.807, 2.05) is 5.57 Å². The molecule has 0 aromatic rings. The first-order valence-electron chi connectivity index (χ1n) is 14.4. The van der Waals surface area contributed by atoms with Gasteiger partial charge in [0.05, 0.1) is 0 Å². The van der Waals surface area contributed by atoms with Crippen molar-refractivity contribution in [3.8, 4) is 0 Å². The first-order valence-corrected chi connectivity index (χ1v) is 14.4. The van der Waals surface area contributed by atoms with Crippen LogP contribution in [0.5, 0.6) is 0 Å². The molecule has 34 heavy (non-hydrogen) atoms. The van der Waals surface area contributed by atoms with Crippen molar-refractivity contribution in [2.45, 2.75) is 119 Å². The molecule has 0 saturated heterocycles. The highest BCUT2D eigenvalue weighted by Gasteiger charge is 2.64. The van der Waals surface area contributed by atoms with Crippen LogP contribution in [0.4, 0.5) is 0 Å². The smallest absolute Gasteiger partial charge is 0.302 e. The predicted molar refractivity (Wildman–Crippen MR) is 142 cm³/mol. The minimum absolute atomic E-state index is 0.104. The third-order valence-electron chi connectivity index (χ3n) is 12.2. The van der Waals surface area contributed by atoms with Crippen LogP contribution in [0.1, 0.15) is 113 Å². The zero-order valence-electron chi connectivity index (χ0n) is 23.5. The topological polar surface area (TPSA) is 26.3 Å². The van der Waals surface area contributed by atoms with Gasteiger partial charge in [0.1, 0.15) is 6.10 Å². The lowest BCUT2D eigenvalue weighted by Gasteiger charge is -2.62. The van der Waals surface area contributed by atoms with Gasteiger partial charge in [0.15, 0.2) is 0 Å². The Labute approximate surface area is 210 Å². The summed E-state index contributed by atoms with van der Waals surface area (Å²) in [6.45, 7) is 23.3. The number of hydrogen-bond donors (Lipinski definition) is 0. The van der Waals surface area contributed by atoms with E-state index in [2.05, 4.69) is 61.1 Å². The summed E-state index contributed by atoms with van der Waals surface area (Å²) in [6, 6.07) is 0. The normalized spacial score (nSPS) is 44.5. The molecule has 0 heterocycles. The molecule has 192 valence electrons. The average molecular weight is 469 g/mol. The number of hydrogen-bond acceptors (Lipinski definition) is 2. The molecular formula is C32H52O2. The van der Waals surface area contributed by atoms with E-state index in [9.17, 15) is 4.79 Å². The van der Waals surface area contributed by atoms with Gasteiger partial charge < -0.3 is 4.74 Å². The van der Waals surface area contributed by atoms with Crippen LogP contribution in [0.15, 0.2) is 23.8 Å². The second-order valence-corrected chi connectivity index (χ2v) is 13.9. The number of carbonyl (C=O) groups is 1. The van der Waals surface area contributed by atoms with Crippen molar-refractivity contribution in [1.82, 2.24) is 0 Å². The lowest BCUT2D eigenvalue weighted by Crippen LogP contribution is -2.55. The van der Waals surface area contributed by atoms with Crippen LogP contribution in [0.3, 0.4) is 0 Å². The number of ether oxygens (including phenoxy) is 1.